The number of rotatable bonds is 10. The Morgan fingerprint density at radius 3 is 2.02 bits per heavy atom. The molecule has 18 heteroatoms. The number of halogens is 4. The summed E-state index contributed by atoms with van der Waals surface area (Å²) in [4.78, 5) is 90.3. The fourth-order valence-corrected chi connectivity index (χ4v) is 3.12. The number of aromatic nitrogens is 2. The number of ketones is 1. The number of nitrogens with one attached hydrogen (secondary N) is 4. The van der Waals surface area contributed by atoms with Crippen LogP contribution in [0.1, 0.15) is 57.9 Å². The number of alkyl halides is 4. The van der Waals surface area contributed by atoms with Gasteiger partial charge in [0.1, 0.15) is 24.0 Å². The molecule has 4 amide bonds. The highest BCUT2D eigenvalue weighted by Crippen LogP contribution is 2.14. The van der Waals surface area contributed by atoms with Crippen LogP contribution in [0.2, 0.25) is 0 Å². The van der Waals surface area contributed by atoms with Gasteiger partial charge in [-0.05, 0) is 24.8 Å². The quantitative estimate of drug-likeness (QED) is 0.173. The topological polar surface area (TPSA) is 215 Å². The number of carbonyl (C=O) groups excluding carboxylic acids is 5. The van der Waals surface area contributed by atoms with E-state index in [1.807, 2.05) is 15.6 Å². The summed E-state index contributed by atoms with van der Waals surface area (Å²) in [5.41, 5.74) is -2.22. The van der Waals surface area contributed by atoms with Crippen molar-refractivity contribution in [2.24, 2.45) is 0 Å². The van der Waals surface area contributed by atoms with Crippen molar-refractivity contribution < 1.29 is 50.7 Å². The van der Waals surface area contributed by atoms with Gasteiger partial charge in [0, 0.05) is 25.3 Å². The maximum Gasteiger partial charge on any atom is 0.337 e. The van der Waals surface area contributed by atoms with Crippen molar-refractivity contribution in [3.05, 3.63) is 42.9 Å². The first-order valence-corrected chi connectivity index (χ1v) is 11.8. The number of Topliss-reactive ketones (excluding diaryl/α,β-unsaturated/α-hetero) is 1. The van der Waals surface area contributed by atoms with Crippen LogP contribution in [-0.4, -0.2) is 59.5 Å². The molecule has 0 aliphatic carbocycles. The second kappa shape index (κ2) is 18.7. The fraction of sp³-hybridized carbons (Fsp3) is 0.500. The van der Waals surface area contributed by atoms with E-state index in [9.17, 15) is 55.9 Å². The number of amides is 4. The number of ether oxygens (including phenoxy) is 1. The van der Waals surface area contributed by atoms with Crippen LogP contribution >= 0.6 is 0 Å². The molecule has 0 atom stereocenters. The molecular weight excluding hydrogens is 580 g/mol. The predicted molar refractivity (Wildman–Crippen MR) is 137 cm³/mol. The Labute approximate surface area is 234 Å². The van der Waals surface area contributed by atoms with E-state index >= 15 is 0 Å². The zero-order valence-corrected chi connectivity index (χ0v) is 21.5. The minimum Gasteiger partial charge on any atom is -0.469 e. The van der Waals surface area contributed by atoms with Gasteiger partial charge in [-0.2, -0.15) is 0 Å². The third kappa shape index (κ3) is 14.7. The highest BCUT2D eigenvalue weighted by Gasteiger charge is 2.20. The molecule has 3 rings (SSSR count). The SMILES string of the molecule is C.COC(=O)CC(=O)CCCC(F)F.O=C1CC(=O)NC(=O)N1.O=c1[nH]c(=O)c2c(CCCC(F)F)cc(=O)oc2[nH]1. The Balaban J connectivity index is 0.000000638. The molecule has 42 heavy (non-hydrogen) atoms. The van der Waals surface area contributed by atoms with Gasteiger partial charge in [0.25, 0.3) is 5.56 Å². The summed E-state index contributed by atoms with van der Waals surface area (Å²) >= 11 is 0. The number of H-pyrrole nitrogens is 2. The molecule has 0 aromatic carbocycles. The van der Waals surface area contributed by atoms with Crippen LogP contribution in [0, 0.1) is 0 Å². The van der Waals surface area contributed by atoms with Gasteiger partial charge >= 0.3 is 23.3 Å². The van der Waals surface area contributed by atoms with Gasteiger partial charge in [-0.1, -0.05) is 7.43 Å². The number of aromatic amines is 2. The van der Waals surface area contributed by atoms with Crippen LogP contribution in [0.5, 0.6) is 0 Å². The molecule has 14 nitrogen and oxygen atoms in total. The lowest BCUT2D eigenvalue weighted by atomic mass is 10.1. The molecule has 1 fully saturated rings. The van der Waals surface area contributed by atoms with Crippen molar-refractivity contribution in [3.63, 3.8) is 0 Å². The monoisotopic (exact) mass is 610 g/mol. The Bertz CT molecular complexity index is 1370. The standard InChI is InChI=1S/C11H10F2N2O4.C8H12F2O3.C4H4N2O3.CH4/c12-6(13)3-1-2-5-4-7(16)19-10-8(5)9(17)14-11(18)15-10;1-13-8(12)5-6(11)3-2-4-7(9)10;7-2-1-3(8)6-4(9)5-2;/h4,6H,1-3H2,(H2,14,15,17,18);7H,2-5H2,1H3;1H2,(H2,5,6,7,8,9);1H4. The second-order valence-electron chi connectivity index (χ2n) is 8.16. The van der Waals surface area contributed by atoms with Crippen LogP contribution in [0.3, 0.4) is 0 Å². The van der Waals surface area contributed by atoms with E-state index in [2.05, 4.69) is 9.72 Å². The largest absolute Gasteiger partial charge is 0.469 e. The van der Waals surface area contributed by atoms with E-state index in [0.29, 0.717) is 0 Å². The van der Waals surface area contributed by atoms with Crippen molar-refractivity contribution in [3.8, 4) is 0 Å². The highest BCUT2D eigenvalue weighted by molar-refractivity contribution is 6.14. The number of carbonyl (C=O) groups is 5. The number of urea groups is 1. The normalized spacial score (nSPS) is 12.3. The van der Waals surface area contributed by atoms with E-state index < -0.39 is 53.5 Å². The lowest BCUT2D eigenvalue weighted by molar-refractivity contribution is -0.143. The molecule has 4 N–H and O–H groups in total. The number of imide groups is 2. The maximum atomic E-state index is 12.1. The zero-order chi connectivity index (χ0) is 31.1. The predicted octanol–water partition coefficient (Wildman–Crippen LogP) is 1.69. The van der Waals surface area contributed by atoms with E-state index in [-0.39, 0.29) is 81.2 Å². The molecule has 0 bridgehead atoms. The summed E-state index contributed by atoms with van der Waals surface area (Å²) in [6.45, 7) is 0. The van der Waals surface area contributed by atoms with E-state index in [1.165, 1.54) is 7.11 Å². The molecule has 1 aliphatic heterocycles. The molecule has 0 saturated carbocycles. The maximum absolute atomic E-state index is 12.1. The molecule has 1 aliphatic rings. The molecule has 0 radical (unpaired) electrons. The Morgan fingerprint density at radius 1 is 0.929 bits per heavy atom. The minimum atomic E-state index is -2.44. The number of aryl methyl sites for hydroxylation is 1. The molecule has 1 saturated heterocycles. The van der Waals surface area contributed by atoms with Gasteiger partial charge < -0.3 is 9.15 Å². The van der Waals surface area contributed by atoms with E-state index in [4.69, 9.17) is 4.42 Å². The van der Waals surface area contributed by atoms with Crippen LogP contribution in [0.4, 0.5) is 22.4 Å². The van der Waals surface area contributed by atoms with Gasteiger partial charge in [0.2, 0.25) is 30.4 Å². The first-order chi connectivity index (χ1) is 19.2. The summed E-state index contributed by atoms with van der Waals surface area (Å²) in [6, 6.07) is 0.331. The molecule has 2 aromatic rings. The fourth-order valence-electron chi connectivity index (χ4n) is 3.12. The average molecular weight is 611 g/mol. The number of methoxy groups -OCH3 is 1. The smallest absolute Gasteiger partial charge is 0.337 e. The lowest BCUT2D eigenvalue weighted by Gasteiger charge is -2.09. The minimum absolute atomic E-state index is 0. The van der Waals surface area contributed by atoms with Crippen LogP contribution < -0.4 is 27.5 Å². The summed E-state index contributed by atoms with van der Waals surface area (Å²) in [5, 5.41) is 3.81. The molecular formula is C24H30F4N4O10. The van der Waals surface area contributed by atoms with Crippen molar-refractivity contribution in [1.29, 1.82) is 0 Å². The Kier molecular flexibility index (Phi) is 16.6. The number of barbiturate groups is 1. The average Bonchev–Trinajstić information content (AvgIpc) is 2.82. The highest BCUT2D eigenvalue weighted by atomic mass is 19.3. The van der Waals surface area contributed by atoms with Crippen molar-refractivity contribution in [2.45, 2.75) is 71.6 Å². The molecule has 234 valence electrons. The Hall–Kier alpha value is -4.64. The van der Waals surface area contributed by atoms with Gasteiger partial charge in [0.15, 0.2) is 0 Å². The zero-order valence-electron chi connectivity index (χ0n) is 21.5. The molecule has 0 unspecified atom stereocenters. The van der Waals surface area contributed by atoms with Crippen molar-refractivity contribution in [2.75, 3.05) is 7.11 Å². The van der Waals surface area contributed by atoms with Crippen LogP contribution in [0.15, 0.2) is 24.9 Å². The molecule has 0 spiro atoms. The molecule has 2 aromatic heterocycles. The van der Waals surface area contributed by atoms with Gasteiger partial charge in [-0.15, -0.1) is 0 Å². The van der Waals surface area contributed by atoms with Crippen molar-refractivity contribution >= 4 is 40.7 Å². The number of hydrogen-bond donors (Lipinski definition) is 4. The third-order valence-corrected chi connectivity index (χ3v) is 4.87. The summed E-state index contributed by atoms with van der Waals surface area (Å²) in [7, 11) is 1.18. The van der Waals surface area contributed by atoms with Crippen LogP contribution in [-0.2, 0) is 30.3 Å². The Morgan fingerprint density at radius 2 is 1.50 bits per heavy atom. The molecule has 3 heterocycles. The number of fused-ring (bicyclic) bond motifs is 1. The summed E-state index contributed by atoms with van der Waals surface area (Å²) in [6.07, 6.45) is -5.65. The van der Waals surface area contributed by atoms with Crippen molar-refractivity contribution in [1.82, 2.24) is 20.6 Å². The summed E-state index contributed by atoms with van der Waals surface area (Å²) in [5.74, 6) is -2.08. The van der Waals surface area contributed by atoms with E-state index in [0.717, 1.165) is 6.07 Å². The van der Waals surface area contributed by atoms with Crippen LogP contribution in [0.25, 0.3) is 11.1 Å². The van der Waals surface area contributed by atoms with E-state index in [1.54, 1.807) is 0 Å². The van der Waals surface area contributed by atoms with Gasteiger partial charge in [-0.25, -0.2) is 31.9 Å². The third-order valence-electron chi connectivity index (χ3n) is 4.87. The second-order valence-corrected chi connectivity index (χ2v) is 8.16. The van der Waals surface area contributed by atoms with Gasteiger partial charge in [-0.3, -0.25) is 44.6 Å². The lowest BCUT2D eigenvalue weighted by Crippen LogP contribution is -2.49. The number of hydrogen-bond acceptors (Lipinski definition) is 10. The van der Waals surface area contributed by atoms with Gasteiger partial charge in [0.05, 0.1) is 7.11 Å². The first-order valence-electron chi connectivity index (χ1n) is 11.8. The summed E-state index contributed by atoms with van der Waals surface area (Å²) < 4.78 is 56.3. The first kappa shape index (κ1) is 37.4. The number of esters is 1.